The van der Waals surface area contributed by atoms with Gasteiger partial charge in [0.2, 0.25) is 0 Å². The standard InChI is InChI=1S/C12H17N3O3/c1-7-5-15(6-9(7)12(17)18-3)11(16)10-4-8(2)13-14-10/h4,7,9H,5-6H2,1-3H3,(H,13,14). The number of H-pyrrole nitrogens is 1. The number of nitrogens with one attached hydrogen (secondary N) is 1. The highest BCUT2D eigenvalue weighted by Gasteiger charge is 2.38. The maximum absolute atomic E-state index is 12.2. The second kappa shape index (κ2) is 4.80. The van der Waals surface area contributed by atoms with Crippen LogP contribution in [-0.4, -0.2) is 47.2 Å². The molecular weight excluding hydrogens is 234 g/mol. The second-order valence-electron chi connectivity index (χ2n) is 4.75. The van der Waals surface area contributed by atoms with Crippen LogP contribution < -0.4 is 0 Å². The van der Waals surface area contributed by atoms with E-state index in [-0.39, 0.29) is 23.7 Å². The number of nitrogens with zero attached hydrogens (tertiary/aromatic N) is 2. The fourth-order valence-corrected chi connectivity index (χ4v) is 2.28. The van der Waals surface area contributed by atoms with Gasteiger partial charge in [0.1, 0.15) is 5.69 Å². The third-order valence-electron chi connectivity index (χ3n) is 3.33. The normalized spacial score (nSPS) is 23.2. The summed E-state index contributed by atoms with van der Waals surface area (Å²) in [5, 5.41) is 6.68. The topological polar surface area (TPSA) is 75.3 Å². The number of aryl methyl sites for hydroxylation is 1. The molecule has 0 bridgehead atoms. The molecule has 0 aliphatic carbocycles. The average Bonchev–Trinajstić information content (AvgIpc) is 2.94. The Balaban J connectivity index is 2.08. The number of rotatable bonds is 2. The number of ether oxygens (including phenoxy) is 1. The summed E-state index contributed by atoms with van der Waals surface area (Å²) in [6.45, 7) is 4.75. The molecule has 1 aromatic rings. The van der Waals surface area contributed by atoms with Crippen molar-refractivity contribution in [3.05, 3.63) is 17.5 Å². The van der Waals surface area contributed by atoms with Crippen LogP contribution in [0.1, 0.15) is 23.1 Å². The summed E-state index contributed by atoms with van der Waals surface area (Å²) in [5.41, 5.74) is 1.24. The van der Waals surface area contributed by atoms with Crippen LogP contribution in [0.2, 0.25) is 0 Å². The van der Waals surface area contributed by atoms with E-state index in [0.717, 1.165) is 5.69 Å². The lowest BCUT2D eigenvalue weighted by atomic mass is 9.99. The van der Waals surface area contributed by atoms with E-state index in [1.807, 2.05) is 13.8 Å². The van der Waals surface area contributed by atoms with E-state index < -0.39 is 0 Å². The number of carbonyl (C=O) groups excluding carboxylic acids is 2. The van der Waals surface area contributed by atoms with Gasteiger partial charge in [0, 0.05) is 18.8 Å². The maximum atomic E-state index is 12.2. The average molecular weight is 251 g/mol. The first kappa shape index (κ1) is 12.6. The quantitative estimate of drug-likeness (QED) is 0.781. The molecule has 98 valence electrons. The van der Waals surface area contributed by atoms with Crippen molar-refractivity contribution in [1.29, 1.82) is 0 Å². The van der Waals surface area contributed by atoms with E-state index in [0.29, 0.717) is 18.8 Å². The van der Waals surface area contributed by atoms with Gasteiger partial charge in [0.05, 0.1) is 13.0 Å². The van der Waals surface area contributed by atoms with Crippen LogP contribution in [-0.2, 0) is 9.53 Å². The molecule has 2 unspecified atom stereocenters. The first-order valence-electron chi connectivity index (χ1n) is 5.92. The van der Waals surface area contributed by atoms with Crippen molar-refractivity contribution in [2.75, 3.05) is 20.2 Å². The third-order valence-corrected chi connectivity index (χ3v) is 3.33. The van der Waals surface area contributed by atoms with E-state index >= 15 is 0 Å². The lowest BCUT2D eigenvalue weighted by molar-refractivity contribution is -0.146. The van der Waals surface area contributed by atoms with Gasteiger partial charge < -0.3 is 9.64 Å². The van der Waals surface area contributed by atoms with Crippen LogP contribution >= 0.6 is 0 Å². The SMILES string of the molecule is COC(=O)C1CN(C(=O)c2cc(C)[nH]n2)CC1C. The molecule has 1 aromatic heterocycles. The molecule has 0 saturated carbocycles. The Morgan fingerprint density at radius 2 is 2.22 bits per heavy atom. The van der Waals surface area contributed by atoms with Crippen molar-refractivity contribution in [3.63, 3.8) is 0 Å². The molecule has 1 amide bonds. The Labute approximate surface area is 105 Å². The van der Waals surface area contributed by atoms with E-state index in [2.05, 4.69) is 10.2 Å². The molecule has 6 nitrogen and oxygen atoms in total. The molecule has 6 heteroatoms. The smallest absolute Gasteiger partial charge is 0.310 e. The molecule has 0 spiro atoms. The van der Waals surface area contributed by atoms with Crippen molar-refractivity contribution in [2.45, 2.75) is 13.8 Å². The number of likely N-dealkylation sites (tertiary alicyclic amines) is 1. The number of carbonyl (C=O) groups is 2. The van der Waals surface area contributed by atoms with Gasteiger partial charge in [-0.3, -0.25) is 14.7 Å². The van der Waals surface area contributed by atoms with E-state index in [9.17, 15) is 9.59 Å². The minimum Gasteiger partial charge on any atom is -0.469 e. The van der Waals surface area contributed by atoms with Gasteiger partial charge in [-0.25, -0.2) is 0 Å². The minimum atomic E-state index is -0.254. The van der Waals surface area contributed by atoms with Crippen molar-refractivity contribution >= 4 is 11.9 Å². The van der Waals surface area contributed by atoms with Gasteiger partial charge in [-0.15, -0.1) is 0 Å². The van der Waals surface area contributed by atoms with Gasteiger partial charge in [-0.1, -0.05) is 6.92 Å². The number of aromatic nitrogens is 2. The van der Waals surface area contributed by atoms with Gasteiger partial charge in [-0.05, 0) is 18.9 Å². The van der Waals surface area contributed by atoms with Gasteiger partial charge in [0.15, 0.2) is 0 Å². The predicted octanol–water partition coefficient (Wildman–Crippen LogP) is 0.599. The molecule has 1 aliphatic heterocycles. The van der Waals surface area contributed by atoms with Gasteiger partial charge >= 0.3 is 5.97 Å². The summed E-state index contributed by atoms with van der Waals surface area (Å²) >= 11 is 0. The van der Waals surface area contributed by atoms with E-state index in [1.54, 1.807) is 11.0 Å². The molecule has 0 aromatic carbocycles. The molecular formula is C12H17N3O3. The van der Waals surface area contributed by atoms with Crippen LogP contribution in [0.25, 0.3) is 0 Å². The largest absolute Gasteiger partial charge is 0.469 e. The zero-order chi connectivity index (χ0) is 13.3. The van der Waals surface area contributed by atoms with Crippen LogP contribution in [0, 0.1) is 18.8 Å². The van der Waals surface area contributed by atoms with Crippen LogP contribution in [0.15, 0.2) is 6.07 Å². The fraction of sp³-hybridized carbons (Fsp3) is 0.583. The summed E-state index contributed by atoms with van der Waals surface area (Å²) in [6.07, 6.45) is 0. The number of esters is 1. The number of amides is 1. The highest BCUT2D eigenvalue weighted by molar-refractivity contribution is 5.93. The Bertz CT molecular complexity index is 469. The molecule has 2 atom stereocenters. The van der Waals surface area contributed by atoms with Crippen LogP contribution in [0.4, 0.5) is 0 Å². The lowest BCUT2D eigenvalue weighted by Gasteiger charge is -2.14. The predicted molar refractivity (Wildman–Crippen MR) is 63.9 cm³/mol. The minimum absolute atomic E-state index is 0.112. The summed E-state index contributed by atoms with van der Waals surface area (Å²) in [6, 6.07) is 1.71. The number of hydrogen-bond donors (Lipinski definition) is 1. The molecule has 1 saturated heterocycles. The van der Waals surface area contributed by atoms with Gasteiger partial charge in [-0.2, -0.15) is 5.10 Å². The molecule has 18 heavy (non-hydrogen) atoms. The van der Waals surface area contributed by atoms with Crippen LogP contribution in [0.5, 0.6) is 0 Å². The number of methoxy groups -OCH3 is 1. The third kappa shape index (κ3) is 2.23. The number of hydrogen-bond acceptors (Lipinski definition) is 4. The fourth-order valence-electron chi connectivity index (χ4n) is 2.28. The summed E-state index contributed by atoms with van der Waals surface area (Å²) in [4.78, 5) is 25.4. The zero-order valence-corrected chi connectivity index (χ0v) is 10.8. The molecule has 0 radical (unpaired) electrons. The molecule has 1 N–H and O–H groups in total. The summed E-state index contributed by atoms with van der Waals surface area (Å²) < 4.78 is 4.74. The van der Waals surface area contributed by atoms with E-state index in [1.165, 1.54) is 7.11 Å². The first-order chi connectivity index (χ1) is 8.52. The first-order valence-corrected chi connectivity index (χ1v) is 5.92. The summed E-state index contributed by atoms with van der Waals surface area (Å²) in [7, 11) is 1.37. The Morgan fingerprint density at radius 1 is 1.50 bits per heavy atom. The maximum Gasteiger partial charge on any atom is 0.310 e. The van der Waals surface area contributed by atoms with Crippen molar-refractivity contribution < 1.29 is 14.3 Å². The molecule has 1 fully saturated rings. The van der Waals surface area contributed by atoms with Crippen molar-refractivity contribution in [1.82, 2.24) is 15.1 Å². The second-order valence-corrected chi connectivity index (χ2v) is 4.75. The Kier molecular flexibility index (Phi) is 3.36. The Hall–Kier alpha value is -1.85. The van der Waals surface area contributed by atoms with Crippen LogP contribution in [0.3, 0.4) is 0 Å². The summed E-state index contributed by atoms with van der Waals surface area (Å²) in [5.74, 6) is -0.519. The van der Waals surface area contributed by atoms with Crippen molar-refractivity contribution in [2.24, 2.45) is 11.8 Å². The Morgan fingerprint density at radius 3 is 2.78 bits per heavy atom. The molecule has 2 heterocycles. The van der Waals surface area contributed by atoms with Crippen molar-refractivity contribution in [3.8, 4) is 0 Å². The highest BCUT2D eigenvalue weighted by atomic mass is 16.5. The molecule has 1 aliphatic rings. The zero-order valence-electron chi connectivity index (χ0n) is 10.8. The monoisotopic (exact) mass is 251 g/mol. The lowest BCUT2D eigenvalue weighted by Crippen LogP contribution is -2.30. The molecule has 2 rings (SSSR count). The van der Waals surface area contributed by atoms with Gasteiger partial charge in [0.25, 0.3) is 5.91 Å². The highest BCUT2D eigenvalue weighted by Crippen LogP contribution is 2.25. The van der Waals surface area contributed by atoms with E-state index in [4.69, 9.17) is 4.74 Å². The number of aromatic amines is 1.